The summed E-state index contributed by atoms with van der Waals surface area (Å²) in [5.41, 5.74) is 9.10. The van der Waals surface area contributed by atoms with Crippen LogP contribution in [0.4, 0.5) is 0 Å². The van der Waals surface area contributed by atoms with E-state index < -0.39 is 30.5 Å². The number of nitrogens with zero attached hydrogens (tertiary/aromatic N) is 20. The third-order valence-electron chi connectivity index (χ3n) is 6.78. The summed E-state index contributed by atoms with van der Waals surface area (Å²) in [6, 6.07) is 11.1. The molecule has 372 valence electrons. The van der Waals surface area contributed by atoms with Gasteiger partial charge in [-0.25, -0.2) is 29.9 Å². The Morgan fingerprint density at radius 1 is 0.271 bits per heavy atom. The van der Waals surface area contributed by atoms with Crippen molar-refractivity contribution in [3.63, 3.8) is 0 Å². The number of aryl methyl sites for hydroxylation is 8. The molecule has 0 aliphatic carbocycles. The largest absolute Gasteiger partial charge is 3.00 e. The van der Waals surface area contributed by atoms with Gasteiger partial charge < -0.3 is 91.9 Å². The standard InChI is InChI=1S/2C15H15N7.2Eu.6NO3/c2*1-8-10(3)19-21-14(16-8)12-6-5-7-13(18-12)15-17-9(2)11(4)20-22-15;;;6*2-1(3)4/h2*5-7H,1-4H3;;;;;;;;/q;;2*+3;6*-1. The molecule has 6 aromatic heterocycles. The summed E-state index contributed by atoms with van der Waals surface area (Å²) in [6.07, 6.45) is 0. The summed E-state index contributed by atoms with van der Waals surface area (Å²) in [5, 5.41) is 121. The van der Waals surface area contributed by atoms with E-state index in [0.717, 1.165) is 45.6 Å². The van der Waals surface area contributed by atoms with E-state index >= 15 is 0 Å². The second-order valence-corrected chi connectivity index (χ2v) is 11.4. The molecule has 0 fully saturated rings. The monoisotopic (exact) mass is 1260 g/mol. The zero-order chi connectivity index (χ0) is 52.8. The normalized spacial score (nSPS) is 8.80. The molecule has 0 aromatic carbocycles. The Bertz CT molecular complexity index is 2270. The topological polar surface area (TPSA) is 578 Å². The zero-order valence-electron chi connectivity index (χ0n) is 36.5. The Kier molecular flexibility index (Phi) is 36.3. The van der Waals surface area contributed by atoms with E-state index in [1.165, 1.54) is 0 Å². The predicted octanol–water partition coefficient (Wildman–Crippen LogP) is 2.60. The number of rotatable bonds is 4. The van der Waals surface area contributed by atoms with Gasteiger partial charge in [0.2, 0.25) is 23.3 Å². The van der Waals surface area contributed by atoms with Gasteiger partial charge >= 0.3 is 98.8 Å². The molecule has 6 rings (SSSR count). The van der Waals surface area contributed by atoms with Crippen LogP contribution >= 0.6 is 0 Å². The molecular weight excluding hydrogens is 1230 g/mol. The summed E-state index contributed by atoms with van der Waals surface area (Å²) >= 11 is 0. The van der Waals surface area contributed by atoms with Gasteiger partial charge in [-0.2, -0.15) is 20.4 Å². The van der Waals surface area contributed by atoms with E-state index in [4.69, 9.17) is 91.9 Å². The van der Waals surface area contributed by atoms with Gasteiger partial charge in [0.05, 0.1) is 76.1 Å². The van der Waals surface area contributed by atoms with Crippen molar-refractivity contribution in [2.75, 3.05) is 0 Å². The first kappa shape index (κ1) is 69.3. The van der Waals surface area contributed by atoms with E-state index in [1.807, 2.05) is 91.8 Å². The smallest absolute Gasteiger partial charge is 0.356 e. The molecular formula is C30H30Eu2N20O18. The third kappa shape index (κ3) is 33.2. The van der Waals surface area contributed by atoms with Crippen LogP contribution in [-0.4, -0.2) is 101 Å². The van der Waals surface area contributed by atoms with Crippen molar-refractivity contribution >= 4 is 0 Å². The van der Waals surface area contributed by atoms with Gasteiger partial charge in [0, 0.05) is 0 Å². The fourth-order valence-electron chi connectivity index (χ4n) is 3.63. The average Bonchev–Trinajstić information content (AvgIpc) is 3.21. The summed E-state index contributed by atoms with van der Waals surface area (Å²) < 4.78 is 0. The van der Waals surface area contributed by atoms with Crippen LogP contribution in [0.5, 0.6) is 0 Å². The quantitative estimate of drug-likeness (QED) is 0.181. The van der Waals surface area contributed by atoms with E-state index in [9.17, 15) is 0 Å². The molecule has 6 aromatic rings. The molecule has 0 saturated heterocycles. The number of aromatic nitrogens is 14. The minimum absolute atomic E-state index is 0. The molecule has 0 amide bonds. The van der Waals surface area contributed by atoms with Crippen molar-refractivity contribution < 1.29 is 129 Å². The predicted molar refractivity (Wildman–Crippen MR) is 224 cm³/mol. The number of hydrogen-bond donors (Lipinski definition) is 0. The van der Waals surface area contributed by atoms with Gasteiger partial charge in [-0.15, -0.1) is 20.4 Å². The van der Waals surface area contributed by atoms with Crippen LogP contribution in [0.2, 0.25) is 0 Å². The van der Waals surface area contributed by atoms with Gasteiger partial charge in [0.25, 0.3) is 0 Å². The van der Waals surface area contributed by atoms with Crippen molar-refractivity contribution in [1.29, 1.82) is 0 Å². The van der Waals surface area contributed by atoms with Crippen molar-refractivity contribution in [1.82, 2.24) is 70.7 Å². The Hall–Kier alpha value is -7.29. The van der Waals surface area contributed by atoms with Crippen LogP contribution in [0, 0.1) is 246 Å². The van der Waals surface area contributed by atoms with Crippen LogP contribution in [0.25, 0.3) is 46.1 Å². The van der Waals surface area contributed by atoms with Gasteiger partial charge in [-0.05, 0) is 79.7 Å². The van der Waals surface area contributed by atoms with Crippen LogP contribution in [0.3, 0.4) is 0 Å². The average molecular weight is 1260 g/mol. The van der Waals surface area contributed by atoms with Crippen molar-refractivity contribution in [2.45, 2.75) is 55.4 Å². The van der Waals surface area contributed by atoms with Crippen LogP contribution in [0.15, 0.2) is 36.4 Å². The Morgan fingerprint density at radius 3 is 0.543 bits per heavy atom. The van der Waals surface area contributed by atoms with Crippen LogP contribution in [0.1, 0.15) is 45.6 Å². The Morgan fingerprint density at radius 2 is 0.414 bits per heavy atom. The molecule has 70 heavy (non-hydrogen) atoms. The molecule has 0 bridgehead atoms. The number of pyridine rings is 2. The van der Waals surface area contributed by atoms with Crippen molar-refractivity contribution in [2.24, 2.45) is 0 Å². The van der Waals surface area contributed by atoms with Crippen molar-refractivity contribution in [3.05, 3.63) is 174 Å². The minimum Gasteiger partial charge on any atom is -0.356 e. The maximum absolute atomic E-state index is 8.25. The first-order chi connectivity index (χ1) is 31.5. The summed E-state index contributed by atoms with van der Waals surface area (Å²) in [4.78, 5) is 76.2. The fraction of sp³-hybridized carbons (Fsp3) is 0.267. The maximum atomic E-state index is 8.25. The Balaban J connectivity index is -0.000000420. The van der Waals surface area contributed by atoms with Crippen LogP contribution < -0.4 is 0 Å². The van der Waals surface area contributed by atoms with Crippen LogP contribution in [-0.2, 0) is 0 Å². The van der Waals surface area contributed by atoms with E-state index in [0.29, 0.717) is 46.1 Å². The second kappa shape index (κ2) is 36.7. The minimum atomic E-state index is -1.75. The van der Waals surface area contributed by atoms with E-state index in [2.05, 4.69) is 70.7 Å². The zero-order valence-corrected chi connectivity index (χ0v) is 41.4. The molecule has 0 spiro atoms. The first-order valence-electron chi connectivity index (χ1n) is 17.0. The van der Waals surface area contributed by atoms with Gasteiger partial charge in [0.1, 0.15) is 22.8 Å². The maximum Gasteiger partial charge on any atom is 3.00 e. The van der Waals surface area contributed by atoms with Gasteiger partial charge in [-0.1, -0.05) is 12.1 Å². The SMILES string of the molecule is Cc1nnc(-c2cccc(-c3nnc(C)c(C)n3)n2)nc1C.Cc1nnc(-c2cccc(-c3nnc(C)c(C)n3)n2)nc1C.O=[N+]([O-])[O-].O=[N+]([O-])[O-].O=[N+]([O-])[O-].O=[N+]([O-])[O-].O=[N+]([O-])[O-].O=[N+]([O-])[O-].[Eu+3].[Eu+3]. The molecule has 0 atom stereocenters. The summed E-state index contributed by atoms with van der Waals surface area (Å²) in [5.74, 6) is 1.95. The summed E-state index contributed by atoms with van der Waals surface area (Å²) in [7, 11) is 0. The fourth-order valence-corrected chi connectivity index (χ4v) is 3.63. The molecule has 0 N–H and O–H groups in total. The molecule has 0 unspecified atom stereocenters. The Labute approximate surface area is 470 Å². The van der Waals surface area contributed by atoms with Gasteiger partial charge in [0.15, 0.2) is 0 Å². The second-order valence-electron chi connectivity index (χ2n) is 11.4. The molecule has 6 heterocycles. The van der Waals surface area contributed by atoms with E-state index in [1.54, 1.807) is 0 Å². The summed E-state index contributed by atoms with van der Waals surface area (Å²) in [6.45, 7) is 15.1. The van der Waals surface area contributed by atoms with E-state index in [-0.39, 0.29) is 98.8 Å². The van der Waals surface area contributed by atoms with Gasteiger partial charge in [-0.3, -0.25) is 0 Å². The molecule has 0 aliphatic rings. The molecule has 0 saturated carbocycles. The number of hydrogen-bond acceptors (Lipinski definition) is 32. The molecule has 0 aliphatic heterocycles. The third-order valence-corrected chi connectivity index (χ3v) is 6.78. The molecule has 40 heteroatoms. The first-order valence-corrected chi connectivity index (χ1v) is 17.0. The molecule has 0 radical (unpaired) electrons. The van der Waals surface area contributed by atoms with Crippen molar-refractivity contribution in [3.8, 4) is 46.1 Å². The molecule has 38 nitrogen and oxygen atoms in total.